The lowest BCUT2D eigenvalue weighted by Crippen LogP contribution is -2.51. The number of nitrogens with zero attached hydrogens (tertiary/aromatic N) is 1. The zero-order valence-electron chi connectivity index (χ0n) is 13.6. The van der Waals surface area contributed by atoms with Crippen LogP contribution in [-0.2, 0) is 20.9 Å². The lowest BCUT2D eigenvalue weighted by atomic mass is 10.2. The molecule has 2 atom stereocenters. The number of benzene rings is 1. The minimum absolute atomic E-state index is 0.0363. The molecule has 1 heterocycles. The number of nitrogens with one attached hydrogen (secondary N) is 1. The molecule has 1 aromatic carbocycles. The molecular weight excluding hydrogens is 341 g/mol. The number of rotatable bonds is 5. The van der Waals surface area contributed by atoms with Gasteiger partial charge in [0, 0.05) is 13.2 Å². The number of hydrogen-bond donors (Lipinski definition) is 1. The molecule has 1 aliphatic rings. The van der Waals surface area contributed by atoms with Crippen molar-refractivity contribution in [2.45, 2.75) is 38.4 Å². The SMILES string of the molecule is CCO[C@@H]1[C@@H](NC(=O)C(F)(F)F)CCN1C(=O)OCc1ccccc1. The van der Waals surface area contributed by atoms with Crippen LogP contribution in [0.3, 0.4) is 0 Å². The summed E-state index contributed by atoms with van der Waals surface area (Å²) in [4.78, 5) is 24.5. The van der Waals surface area contributed by atoms with Crippen LogP contribution in [0, 0.1) is 0 Å². The van der Waals surface area contributed by atoms with E-state index in [-0.39, 0.29) is 26.2 Å². The van der Waals surface area contributed by atoms with Crippen molar-refractivity contribution in [3.63, 3.8) is 0 Å². The molecule has 25 heavy (non-hydrogen) atoms. The number of carbonyl (C=O) groups is 2. The Morgan fingerprint density at radius 2 is 1.96 bits per heavy atom. The maximum absolute atomic E-state index is 12.4. The van der Waals surface area contributed by atoms with Crippen molar-refractivity contribution in [3.05, 3.63) is 35.9 Å². The van der Waals surface area contributed by atoms with E-state index in [0.717, 1.165) is 5.56 Å². The van der Waals surface area contributed by atoms with Crippen LogP contribution in [0.25, 0.3) is 0 Å². The van der Waals surface area contributed by atoms with Gasteiger partial charge in [-0.15, -0.1) is 0 Å². The molecule has 1 aromatic rings. The van der Waals surface area contributed by atoms with Gasteiger partial charge < -0.3 is 14.8 Å². The summed E-state index contributed by atoms with van der Waals surface area (Å²) in [5.74, 6) is -2.05. The molecule has 1 aliphatic heterocycles. The molecule has 0 aliphatic carbocycles. The summed E-state index contributed by atoms with van der Waals surface area (Å²) in [7, 11) is 0. The predicted octanol–water partition coefficient (Wildman–Crippen LogP) is 2.44. The Balaban J connectivity index is 1.97. The van der Waals surface area contributed by atoms with E-state index >= 15 is 0 Å². The van der Waals surface area contributed by atoms with Gasteiger partial charge in [-0.1, -0.05) is 30.3 Å². The zero-order valence-corrected chi connectivity index (χ0v) is 13.6. The van der Waals surface area contributed by atoms with Crippen molar-refractivity contribution in [2.24, 2.45) is 0 Å². The Kier molecular flexibility index (Phi) is 6.24. The molecule has 1 N–H and O–H groups in total. The van der Waals surface area contributed by atoms with Crippen molar-refractivity contribution in [2.75, 3.05) is 13.2 Å². The molecule has 0 radical (unpaired) electrons. The van der Waals surface area contributed by atoms with Crippen LogP contribution in [0.4, 0.5) is 18.0 Å². The van der Waals surface area contributed by atoms with Crippen molar-refractivity contribution in [1.29, 1.82) is 0 Å². The first-order valence-corrected chi connectivity index (χ1v) is 7.79. The monoisotopic (exact) mass is 360 g/mol. The maximum Gasteiger partial charge on any atom is 0.471 e. The van der Waals surface area contributed by atoms with E-state index in [1.165, 1.54) is 4.90 Å². The summed E-state index contributed by atoms with van der Waals surface area (Å²) in [5, 5.41) is 1.87. The van der Waals surface area contributed by atoms with Crippen LogP contribution in [0.5, 0.6) is 0 Å². The zero-order chi connectivity index (χ0) is 18.4. The quantitative estimate of drug-likeness (QED) is 0.876. The first-order chi connectivity index (χ1) is 11.8. The predicted molar refractivity (Wildman–Crippen MR) is 81.3 cm³/mol. The third-order valence-electron chi connectivity index (χ3n) is 3.68. The molecule has 0 aromatic heterocycles. The summed E-state index contributed by atoms with van der Waals surface area (Å²) in [6.07, 6.45) is -6.55. The van der Waals surface area contributed by atoms with Crippen LogP contribution < -0.4 is 5.32 Å². The topological polar surface area (TPSA) is 67.9 Å². The highest BCUT2D eigenvalue weighted by atomic mass is 19.4. The maximum atomic E-state index is 12.4. The van der Waals surface area contributed by atoms with Crippen molar-refractivity contribution < 1.29 is 32.2 Å². The second-order valence-corrected chi connectivity index (χ2v) is 5.45. The minimum Gasteiger partial charge on any atom is -0.444 e. The normalized spacial score (nSPS) is 20.4. The van der Waals surface area contributed by atoms with Gasteiger partial charge in [-0.3, -0.25) is 9.69 Å². The number of carbonyl (C=O) groups excluding carboxylic acids is 2. The van der Waals surface area contributed by atoms with Gasteiger partial charge in [-0.2, -0.15) is 13.2 Å². The van der Waals surface area contributed by atoms with Crippen molar-refractivity contribution >= 4 is 12.0 Å². The first-order valence-electron chi connectivity index (χ1n) is 7.79. The molecule has 0 spiro atoms. The molecule has 0 saturated carbocycles. The van der Waals surface area contributed by atoms with Crippen LogP contribution in [0.2, 0.25) is 0 Å². The van der Waals surface area contributed by atoms with Crippen LogP contribution in [-0.4, -0.2) is 48.5 Å². The Labute approximate surface area is 142 Å². The summed E-state index contributed by atoms with van der Waals surface area (Å²) < 4.78 is 47.8. The highest BCUT2D eigenvalue weighted by Gasteiger charge is 2.45. The average molecular weight is 360 g/mol. The fraction of sp³-hybridized carbons (Fsp3) is 0.500. The molecule has 0 bridgehead atoms. The van der Waals surface area contributed by atoms with Gasteiger partial charge in [0.2, 0.25) is 0 Å². The molecule has 6 nitrogen and oxygen atoms in total. The third kappa shape index (κ3) is 5.09. The van der Waals surface area contributed by atoms with Gasteiger partial charge in [0.25, 0.3) is 0 Å². The highest BCUT2D eigenvalue weighted by molar-refractivity contribution is 5.82. The lowest BCUT2D eigenvalue weighted by Gasteiger charge is -2.27. The molecule has 2 rings (SSSR count). The van der Waals surface area contributed by atoms with Gasteiger partial charge >= 0.3 is 18.2 Å². The van der Waals surface area contributed by atoms with E-state index in [2.05, 4.69) is 0 Å². The lowest BCUT2D eigenvalue weighted by molar-refractivity contribution is -0.175. The Hall–Kier alpha value is -2.29. The van der Waals surface area contributed by atoms with Gasteiger partial charge in [0.05, 0.1) is 6.04 Å². The van der Waals surface area contributed by atoms with E-state index < -0.39 is 30.4 Å². The smallest absolute Gasteiger partial charge is 0.444 e. The van der Waals surface area contributed by atoms with E-state index in [1.807, 2.05) is 11.4 Å². The fourth-order valence-corrected chi connectivity index (χ4v) is 2.53. The van der Waals surface area contributed by atoms with Crippen molar-refractivity contribution in [1.82, 2.24) is 10.2 Å². The largest absolute Gasteiger partial charge is 0.471 e. The molecule has 9 heteroatoms. The van der Waals surface area contributed by atoms with Crippen LogP contribution >= 0.6 is 0 Å². The van der Waals surface area contributed by atoms with E-state index in [4.69, 9.17) is 9.47 Å². The number of halogens is 3. The summed E-state index contributed by atoms with van der Waals surface area (Å²) in [6, 6.07) is 8.03. The molecule has 2 amide bonds. The standard InChI is InChI=1S/C16H19F3N2O4/c1-2-24-13-12(20-14(22)16(17,18)19)8-9-21(13)15(23)25-10-11-6-4-3-5-7-11/h3-7,12-13H,2,8-10H2,1H3,(H,20,22)/t12-,13+/m0/s1. The van der Waals surface area contributed by atoms with Gasteiger partial charge in [-0.05, 0) is 18.9 Å². The minimum atomic E-state index is -4.99. The number of hydrogen-bond acceptors (Lipinski definition) is 4. The molecule has 1 fully saturated rings. The molecule has 1 saturated heterocycles. The number of amides is 2. The number of alkyl halides is 3. The third-order valence-corrected chi connectivity index (χ3v) is 3.68. The second kappa shape index (κ2) is 8.19. The van der Waals surface area contributed by atoms with E-state index in [0.29, 0.717) is 0 Å². The van der Waals surface area contributed by atoms with Gasteiger partial charge in [0.15, 0.2) is 6.23 Å². The highest BCUT2D eigenvalue weighted by Crippen LogP contribution is 2.23. The van der Waals surface area contributed by atoms with Crippen LogP contribution in [0.1, 0.15) is 18.9 Å². The van der Waals surface area contributed by atoms with E-state index in [9.17, 15) is 22.8 Å². The number of likely N-dealkylation sites (tertiary alicyclic amines) is 1. The van der Waals surface area contributed by atoms with Gasteiger partial charge in [0.1, 0.15) is 6.61 Å². The molecule has 138 valence electrons. The fourth-order valence-electron chi connectivity index (χ4n) is 2.53. The van der Waals surface area contributed by atoms with Gasteiger partial charge in [-0.25, -0.2) is 4.79 Å². The summed E-state index contributed by atoms with van der Waals surface area (Å²) in [5.41, 5.74) is 0.782. The summed E-state index contributed by atoms with van der Waals surface area (Å²) in [6.45, 7) is 1.98. The average Bonchev–Trinajstić information content (AvgIpc) is 2.96. The Morgan fingerprint density at radius 3 is 2.56 bits per heavy atom. The first kappa shape index (κ1) is 19.0. The van der Waals surface area contributed by atoms with Crippen LogP contribution in [0.15, 0.2) is 30.3 Å². The van der Waals surface area contributed by atoms with E-state index in [1.54, 1.807) is 31.2 Å². The Morgan fingerprint density at radius 1 is 1.28 bits per heavy atom. The summed E-state index contributed by atoms with van der Waals surface area (Å²) >= 11 is 0. The second-order valence-electron chi connectivity index (χ2n) is 5.45. The molecular formula is C16H19F3N2O4. The van der Waals surface area contributed by atoms with Crippen molar-refractivity contribution in [3.8, 4) is 0 Å². The number of ether oxygens (including phenoxy) is 2. The molecule has 0 unspecified atom stereocenters. The Bertz CT molecular complexity index is 595.